The molecule has 9 aromatic carbocycles. The number of hydrogen-bond acceptors (Lipinski definition) is 4. The van der Waals surface area contributed by atoms with Crippen LogP contribution in [0.2, 0.25) is 0 Å². The van der Waals surface area contributed by atoms with Gasteiger partial charge in [0.05, 0.1) is 22.8 Å². The first-order chi connectivity index (χ1) is 32.2. The Morgan fingerprint density at radius 1 is 0.523 bits per heavy atom. The van der Waals surface area contributed by atoms with Crippen LogP contribution in [0.1, 0.15) is 59.4 Å². The van der Waals surface area contributed by atoms with Crippen molar-refractivity contribution in [3.05, 3.63) is 222 Å². The summed E-state index contributed by atoms with van der Waals surface area (Å²) in [5.74, 6) is 0.740. The first-order valence-electron chi connectivity index (χ1n) is 22.8. The molecule has 2 aliphatic heterocycles. The summed E-state index contributed by atoms with van der Waals surface area (Å²) in [7, 11) is 0. The van der Waals surface area contributed by atoms with Gasteiger partial charge in [0.1, 0.15) is 23.4 Å². The predicted molar refractivity (Wildman–Crippen MR) is 265 cm³/mol. The van der Waals surface area contributed by atoms with E-state index in [-0.39, 0.29) is 24.2 Å². The molecule has 4 heterocycles. The third-order valence-corrected chi connectivity index (χ3v) is 14.2. The number of ether oxygens (including phenoxy) is 1. The zero-order chi connectivity index (χ0) is 42.8. The van der Waals surface area contributed by atoms with Gasteiger partial charge in [-0.3, -0.25) is 4.99 Å². The van der Waals surface area contributed by atoms with Crippen LogP contribution in [-0.4, -0.2) is 16.1 Å². The fourth-order valence-corrected chi connectivity index (χ4v) is 11.2. The van der Waals surface area contributed by atoms with Gasteiger partial charge in [0.15, 0.2) is 5.84 Å². The van der Waals surface area contributed by atoms with Crippen molar-refractivity contribution in [2.75, 3.05) is 0 Å². The summed E-state index contributed by atoms with van der Waals surface area (Å²) in [4.78, 5) is 11.4. The molecule has 4 unspecified atom stereocenters. The monoisotopic (exact) mass is 835 g/mol. The maximum atomic E-state index is 6.76. The van der Waals surface area contributed by atoms with E-state index in [1.807, 2.05) is 0 Å². The van der Waals surface area contributed by atoms with Crippen molar-refractivity contribution in [2.24, 2.45) is 15.9 Å². The van der Waals surface area contributed by atoms with Crippen LogP contribution in [0, 0.1) is 5.92 Å². The van der Waals surface area contributed by atoms with Gasteiger partial charge in [0, 0.05) is 44.3 Å². The second-order valence-electron chi connectivity index (χ2n) is 17.8. The standard InChI is InChI=1S/C60H41N3O2/c1-2-41-56(37-28-26-36(27-29-37)35-14-4-3-5-15-35)61-60(47-23-12-22-46-54(47)43-19-8-9-20-44(43)58-59(46)65-58)62-57(41)45-21-13-25-53-55(45)49-34-40(30-31-52(49)64-53)63-50-24-11-10-18-42(50)48-32-38-16-6-7-17-39(38)33-51(48)63/h3-34,41,56,58-59H,2H2,1H3. The lowest BCUT2D eigenvalue weighted by molar-refractivity contribution is 0.380. The summed E-state index contributed by atoms with van der Waals surface area (Å²) in [5.41, 5.74) is 16.6. The number of para-hydroxylation sites is 1. The van der Waals surface area contributed by atoms with E-state index in [0.29, 0.717) is 0 Å². The molecule has 65 heavy (non-hydrogen) atoms. The Hall–Kier alpha value is -7.86. The lowest BCUT2D eigenvalue weighted by atomic mass is 9.80. The Balaban J connectivity index is 0.985. The Bertz CT molecular complexity index is 3820. The van der Waals surface area contributed by atoms with Gasteiger partial charge in [-0.2, -0.15) is 0 Å². The number of hydrogen-bond donors (Lipinski definition) is 0. The Morgan fingerprint density at radius 3 is 2.11 bits per heavy atom. The van der Waals surface area contributed by atoms with Crippen LogP contribution in [0.25, 0.3) is 82.5 Å². The van der Waals surface area contributed by atoms with E-state index in [1.165, 1.54) is 71.5 Å². The SMILES string of the molecule is CCC1C(c2cccc3oc4ccc(-n5c6ccccc6c6cc7ccccc7cc65)cc4c23)=NC(c2cccc3c2-c2ccccc2C2OC32)=NC1c1ccc(-c2ccccc2)cc1. The second kappa shape index (κ2) is 14.1. The van der Waals surface area contributed by atoms with Crippen molar-refractivity contribution < 1.29 is 9.15 Å². The molecule has 0 N–H and O–H groups in total. The van der Waals surface area contributed by atoms with Crippen LogP contribution in [-0.2, 0) is 4.74 Å². The molecule has 0 radical (unpaired) electrons. The van der Waals surface area contributed by atoms with Crippen molar-refractivity contribution in [2.45, 2.75) is 31.6 Å². The van der Waals surface area contributed by atoms with E-state index in [1.54, 1.807) is 0 Å². The molecule has 1 saturated heterocycles. The molecule has 0 bridgehead atoms. The third kappa shape index (κ3) is 5.55. The number of aromatic nitrogens is 1. The largest absolute Gasteiger partial charge is 0.456 e. The van der Waals surface area contributed by atoms with Crippen LogP contribution < -0.4 is 0 Å². The van der Waals surface area contributed by atoms with Crippen LogP contribution >= 0.6 is 0 Å². The maximum absolute atomic E-state index is 6.76. The minimum atomic E-state index is -0.177. The normalized spacial score (nSPS) is 18.7. The number of rotatable bonds is 6. The smallest absolute Gasteiger partial charge is 0.156 e. The molecule has 0 spiro atoms. The minimum Gasteiger partial charge on any atom is -0.456 e. The molecular formula is C60H41N3O2. The van der Waals surface area contributed by atoms with Gasteiger partial charge in [-0.05, 0) is 98.6 Å². The number of benzene rings is 9. The average Bonchev–Trinajstić information content (AvgIpc) is 4.01. The highest BCUT2D eigenvalue weighted by Crippen LogP contribution is 2.60. The van der Waals surface area contributed by atoms with Crippen LogP contribution in [0.4, 0.5) is 0 Å². The third-order valence-electron chi connectivity index (χ3n) is 14.2. The summed E-state index contributed by atoms with van der Waals surface area (Å²) in [6.45, 7) is 2.27. The molecule has 3 aliphatic rings. The highest BCUT2D eigenvalue weighted by molar-refractivity contribution is 6.24. The first-order valence-corrected chi connectivity index (χ1v) is 22.8. The number of nitrogens with zero attached hydrogens (tertiary/aromatic N) is 3. The van der Waals surface area contributed by atoms with Gasteiger partial charge >= 0.3 is 0 Å². The molecule has 11 aromatic rings. The summed E-state index contributed by atoms with van der Waals surface area (Å²) in [6.07, 6.45) is 0.993. The number of amidine groups is 1. The molecule has 5 nitrogen and oxygen atoms in total. The molecule has 4 atom stereocenters. The van der Waals surface area contributed by atoms with Crippen molar-refractivity contribution in [1.29, 1.82) is 0 Å². The van der Waals surface area contributed by atoms with E-state index in [2.05, 4.69) is 206 Å². The molecule has 1 aliphatic carbocycles. The molecular weight excluding hydrogens is 795 g/mol. The Morgan fingerprint density at radius 2 is 1.23 bits per heavy atom. The molecule has 14 rings (SSSR count). The van der Waals surface area contributed by atoms with Crippen molar-refractivity contribution in [3.8, 4) is 27.9 Å². The molecule has 0 saturated carbocycles. The predicted octanol–water partition coefficient (Wildman–Crippen LogP) is 15.3. The Labute approximate surface area is 375 Å². The zero-order valence-corrected chi connectivity index (χ0v) is 35.6. The van der Waals surface area contributed by atoms with Gasteiger partial charge < -0.3 is 13.7 Å². The van der Waals surface area contributed by atoms with E-state index in [4.69, 9.17) is 19.1 Å². The molecule has 308 valence electrons. The number of fused-ring (bicyclic) bond motifs is 13. The van der Waals surface area contributed by atoms with Crippen molar-refractivity contribution >= 4 is 66.1 Å². The summed E-state index contributed by atoms with van der Waals surface area (Å²) < 4.78 is 15.5. The van der Waals surface area contributed by atoms with E-state index in [0.717, 1.165) is 56.7 Å². The van der Waals surface area contributed by atoms with Gasteiger partial charge in [-0.25, -0.2) is 4.99 Å². The van der Waals surface area contributed by atoms with Gasteiger partial charge in [0.25, 0.3) is 0 Å². The Kier molecular flexibility index (Phi) is 7.92. The van der Waals surface area contributed by atoms with E-state index >= 15 is 0 Å². The van der Waals surface area contributed by atoms with Gasteiger partial charge in [-0.1, -0.05) is 159 Å². The van der Waals surface area contributed by atoms with Crippen molar-refractivity contribution in [3.63, 3.8) is 0 Å². The van der Waals surface area contributed by atoms with Crippen LogP contribution in [0.5, 0.6) is 0 Å². The second-order valence-corrected chi connectivity index (χ2v) is 17.8. The van der Waals surface area contributed by atoms with E-state index in [9.17, 15) is 0 Å². The number of aliphatic imine (C=N–C) groups is 2. The maximum Gasteiger partial charge on any atom is 0.156 e. The van der Waals surface area contributed by atoms with Gasteiger partial charge in [-0.15, -0.1) is 0 Å². The first kappa shape index (κ1) is 36.6. The molecule has 2 aromatic heterocycles. The lowest BCUT2D eigenvalue weighted by Gasteiger charge is -2.31. The highest BCUT2D eigenvalue weighted by Gasteiger charge is 2.48. The fourth-order valence-electron chi connectivity index (χ4n) is 11.2. The summed E-state index contributed by atoms with van der Waals surface area (Å²) in [6, 6.07) is 69.9. The number of furan rings is 1. The fraction of sp³-hybridized carbons (Fsp3) is 0.100. The lowest BCUT2D eigenvalue weighted by Crippen LogP contribution is -2.28. The molecule has 0 amide bonds. The minimum absolute atomic E-state index is 0.00588. The quantitative estimate of drug-likeness (QED) is 0.157. The summed E-state index contributed by atoms with van der Waals surface area (Å²) >= 11 is 0. The van der Waals surface area contributed by atoms with Gasteiger partial charge in [0.2, 0.25) is 0 Å². The van der Waals surface area contributed by atoms with Crippen molar-refractivity contribution in [1.82, 2.24) is 4.57 Å². The highest BCUT2D eigenvalue weighted by atomic mass is 16.6. The summed E-state index contributed by atoms with van der Waals surface area (Å²) in [5, 5.41) is 7.06. The zero-order valence-electron chi connectivity index (χ0n) is 35.6. The van der Waals surface area contributed by atoms with E-state index < -0.39 is 0 Å². The molecule has 1 fully saturated rings. The number of epoxide rings is 1. The average molecular weight is 836 g/mol. The molecule has 5 heteroatoms. The topological polar surface area (TPSA) is 55.3 Å². The van der Waals surface area contributed by atoms with Crippen LogP contribution in [0.3, 0.4) is 0 Å². The van der Waals surface area contributed by atoms with Crippen LogP contribution in [0.15, 0.2) is 209 Å².